The number of nitro groups is 1. The Balaban J connectivity index is 2.64. The first-order valence-electron chi connectivity index (χ1n) is 6.15. The first-order valence-corrected chi connectivity index (χ1v) is 6.53. The first kappa shape index (κ1) is 14.8. The number of halogens is 1. The number of allylic oxidation sites excluding steroid dienone is 1. The number of non-ortho nitro benzene ring substituents is 1. The molecule has 0 spiro atoms. The Labute approximate surface area is 127 Å². The molecule has 0 N–H and O–H groups in total. The standard InChI is InChI=1S/C16H11ClN2O2/c1-11-7-8-13(19(20)21)9-14(11)16(17)15(10-18)12-5-3-2-4-6-12/h2-9H,1H3. The van der Waals surface area contributed by atoms with Crippen LogP contribution in [0.3, 0.4) is 0 Å². The zero-order chi connectivity index (χ0) is 15.4. The Hall–Kier alpha value is -2.64. The van der Waals surface area contributed by atoms with E-state index in [2.05, 4.69) is 6.07 Å². The SMILES string of the molecule is Cc1ccc([N+](=O)[O-])cc1C(Cl)=C(C#N)c1ccccc1. The lowest BCUT2D eigenvalue weighted by Gasteiger charge is -2.07. The van der Waals surface area contributed by atoms with Crippen LogP contribution >= 0.6 is 11.6 Å². The summed E-state index contributed by atoms with van der Waals surface area (Å²) in [4.78, 5) is 10.4. The van der Waals surface area contributed by atoms with Crippen LogP contribution in [0.2, 0.25) is 0 Å². The molecule has 2 rings (SSSR count). The molecule has 0 aliphatic heterocycles. The van der Waals surface area contributed by atoms with Gasteiger partial charge in [0.05, 0.1) is 15.5 Å². The number of nitro benzene ring substituents is 1. The first-order chi connectivity index (χ1) is 10.0. The number of nitriles is 1. The van der Waals surface area contributed by atoms with Crippen LogP contribution in [-0.2, 0) is 0 Å². The predicted molar refractivity (Wildman–Crippen MR) is 82.6 cm³/mol. The molecule has 4 nitrogen and oxygen atoms in total. The van der Waals surface area contributed by atoms with E-state index >= 15 is 0 Å². The second-order valence-corrected chi connectivity index (χ2v) is 4.80. The zero-order valence-corrected chi connectivity index (χ0v) is 12.0. The van der Waals surface area contributed by atoms with Crippen molar-refractivity contribution in [3.63, 3.8) is 0 Å². The molecule has 0 bridgehead atoms. The van der Waals surface area contributed by atoms with Gasteiger partial charge in [-0.2, -0.15) is 5.26 Å². The molecule has 0 saturated heterocycles. The van der Waals surface area contributed by atoms with Crippen LogP contribution in [0.4, 0.5) is 5.69 Å². The van der Waals surface area contributed by atoms with Crippen molar-refractivity contribution < 1.29 is 4.92 Å². The van der Waals surface area contributed by atoms with E-state index in [4.69, 9.17) is 11.6 Å². The second-order valence-electron chi connectivity index (χ2n) is 4.42. The summed E-state index contributed by atoms with van der Waals surface area (Å²) in [5, 5.41) is 20.4. The Kier molecular flexibility index (Phi) is 4.36. The number of hydrogen-bond donors (Lipinski definition) is 0. The zero-order valence-electron chi connectivity index (χ0n) is 11.2. The summed E-state index contributed by atoms with van der Waals surface area (Å²) in [5.41, 5.74) is 2.18. The van der Waals surface area contributed by atoms with Crippen LogP contribution in [-0.4, -0.2) is 4.92 Å². The van der Waals surface area contributed by atoms with Crippen molar-refractivity contribution in [3.05, 3.63) is 75.3 Å². The lowest BCUT2D eigenvalue weighted by atomic mass is 10.0. The molecule has 2 aromatic rings. The maximum atomic E-state index is 10.9. The van der Waals surface area contributed by atoms with Gasteiger partial charge in [-0.05, 0) is 18.1 Å². The van der Waals surface area contributed by atoms with Crippen molar-refractivity contribution in [1.82, 2.24) is 0 Å². The summed E-state index contributed by atoms with van der Waals surface area (Å²) >= 11 is 6.32. The molecule has 0 radical (unpaired) electrons. The quantitative estimate of drug-likeness (QED) is 0.362. The Bertz CT molecular complexity index is 762. The van der Waals surface area contributed by atoms with Gasteiger partial charge in [0.25, 0.3) is 5.69 Å². The van der Waals surface area contributed by atoms with E-state index in [9.17, 15) is 15.4 Å². The third kappa shape index (κ3) is 3.10. The van der Waals surface area contributed by atoms with Crippen LogP contribution in [0.5, 0.6) is 0 Å². The fraction of sp³-hybridized carbons (Fsp3) is 0.0625. The number of hydrogen-bond acceptors (Lipinski definition) is 3. The van der Waals surface area contributed by atoms with Crippen LogP contribution in [0.15, 0.2) is 48.5 Å². The van der Waals surface area contributed by atoms with Crippen LogP contribution in [0, 0.1) is 28.4 Å². The van der Waals surface area contributed by atoms with Gasteiger partial charge in [0.2, 0.25) is 0 Å². The van der Waals surface area contributed by atoms with E-state index in [1.807, 2.05) is 6.07 Å². The fourth-order valence-electron chi connectivity index (χ4n) is 1.94. The maximum Gasteiger partial charge on any atom is 0.270 e. The van der Waals surface area contributed by atoms with Crippen LogP contribution in [0.25, 0.3) is 10.6 Å². The molecule has 5 heteroatoms. The number of nitrogens with zero attached hydrogens (tertiary/aromatic N) is 2. The second kappa shape index (κ2) is 6.21. The van der Waals surface area contributed by atoms with Crippen molar-refractivity contribution in [3.8, 4) is 6.07 Å². The van der Waals surface area contributed by atoms with Gasteiger partial charge in [-0.1, -0.05) is 48.0 Å². The highest BCUT2D eigenvalue weighted by Gasteiger charge is 2.15. The van der Waals surface area contributed by atoms with Crippen molar-refractivity contribution in [2.24, 2.45) is 0 Å². The van der Waals surface area contributed by atoms with Gasteiger partial charge < -0.3 is 0 Å². The van der Waals surface area contributed by atoms with Gasteiger partial charge in [-0.25, -0.2) is 0 Å². The minimum Gasteiger partial charge on any atom is -0.258 e. The smallest absolute Gasteiger partial charge is 0.258 e. The summed E-state index contributed by atoms with van der Waals surface area (Å²) < 4.78 is 0. The maximum absolute atomic E-state index is 10.9. The molecule has 0 aliphatic rings. The molecule has 0 aromatic heterocycles. The Morgan fingerprint density at radius 1 is 1.24 bits per heavy atom. The molecule has 0 atom stereocenters. The molecular formula is C16H11ClN2O2. The van der Waals surface area contributed by atoms with Crippen LogP contribution in [0.1, 0.15) is 16.7 Å². The van der Waals surface area contributed by atoms with E-state index < -0.39 is 4.92 Å². The summed E-state index contributed by atoms with van der Waals surface area (Å²) in [5.74, 6) is 0. The highest BCUT2D eigenvalue weighted by Crippen LogP contribution is 2.33. The van der Waals surface area contributed by atoms with Gasteiger partial charge in [0, 0.05) is 17.7 Å². The van der Waals surface area contributed by atoms with Crippen molar-refractivity contribution >= 4 is 27.9 Å². The molecule has 0 heterocycles. The molecule has 0 saturated carbocycles. The number of benzene rings is 2. The predicted octanol–water partition coefficient (Wildman–Crippen LogP) is 4.53. The van der Waals surface area contributed by atoms with Crippen molar-refractivity contribution in [2.45, 2.75) is 6.92 Å². The van der Waals surface area contributed by atoms with Gasteiger partial charge in [-0.3, -0.25) is 10.1 Å². The molecule has 0 aliphatic carbocycles. The number of rotatable bonds is 3. The lowest BCUT2D eigenvalue weighted by molar-refractivity contribution is -0.384. The van der Waals surface area contributed by atoms with E-state index in [1.54, 1.807) is 37.3 Å². The van der Waals surface area contributed by atoms with E-state index in [-0.39, 0.29) is 10.7 Å². The van der Waals surface area contributed by atoms with Crippen molar-refractivity contribution in [2.75, 3.05) is 0 Å². The highest BCUT2D eigenvalue weighted by molar-refractivity contribution is 6.53. The summed E-state index contributed by atoms with van der Waals surface area (Å²) in [7, 11) is 0. The van der Waals surface area contributed by atoms with E-state index in [1.165, 1.54) is 12.1 Å². The summed E-state index contributed by atoms with van der Waals surface area (Å²) in [6.45, 7) is 1.79. The average molecular weight is 299 g/mol. The fourth-order valence-corrected chi connectivity index (χ4v) is 2.29. The average Bonchev–Trinajstić information content (AvgIpc) is 2.49. The van der Waals surface area contributed by atoms with Gasteiger partial charge in [0.15, 0.2) is 0 Å². The third-order valence-corrected chi connectivity index (χ3v) is 3.45. The van der Waals surface area contributed by atoms with Gasteiger partial charge in [-0.15, -0.1) is 0 Å². The largest absolute Gasteiger partial charge is 0.270 e. The molecule has 0 unspecified atom stereocenters. The molecular weight excluding hydrogens is 288 g/mol. The summed E-state index contributed by atoms with van der Waals surface area (Å²) in [6.07, 6.45) is 0. The minimum atomic E-state index is -0.484. The topological polar surface area (TPSA) is 66.9 Å². The van der Waals surface area contributed by atoms with Gasteiger partial charge in [0.1, 0.15) is 6.07 Å². The van der Waals surface area contributed by atoms with E-state index in [0.29, 0.717) is 16.7 Å². The van der Waals surface area contributed by atoms with E-state index in [0.717, 1.165) is 5.56 Å². The minimum absolute atomic E-state index is 0.0564. The summed E-state index contributed by atoms with van der Waals surface area (Å²) in [6, 6.07) is 15.5. The van der Waals surface area contributed by atoms with Crippen molar-refractivity contribution in [1.29, 1.82) is 5.26 Å². The monoisotopic (exact) mass is 298 g/mol. The molecule has 21 heavy (non-hydrogen) atoms. The molecule has 0 fully saturated rings. The Morgan fingerprint density at radius 2 is 1.90 bits per heavy atom. The van der Waals surface area contributed by atoms with Gasteiger partial charge >= 0.3 is 0 Å². The highest BCUT2D eigenvalue weighted by atomic mass is 35.5. The molecule has 2 aromatic carbocycles. The third-order valence-electron chi connectivity index (χ3n) is 3.06. The number of aryl methyl sites for hydroxylation is 1. The lowest BCUT2D eigenvalue weighted by Crippen LogP contribution is -1.93. The normalized spacial score (nSPS) is 11.5. The molecule has 104 valence electrons. The Morgan fingerprint density at radius 3 is 2.48 bits per heavy atom. The molecule has 0 amide bonds. The van der Waals surface area contributed by atoms with Crippen LogP contribution < -0.4 is 0 Å².